The number of halogens is 1. The Morgan fingerprint density at radius 3 is 2.59 bits per heavy atom. The standard InChI is InChI=1S/C21H17FN2O3/c1-14-12-16(9-10-18(14)22)19-13-17(21(26)27)20(25)24(23-19)11-5-8-15-6-3-2-4-7-15/h2-10,12-13H,11H2,1H3,(H,26,27). The summed E-state index contributed by atoms with van der Waals surface area (Å²) in [4.78, 5) is 23.8. The van der Waals surface area contributed by atoms with E-state index in [9.17, 15) is 19.1 Å². The molecule has 0 aliphatic rings. The van der Waals surface area contributed by atoms with Gasteiger partial charge in [0.1, 0.15) is 11.4 Å². The first-order valence-corrected chi connectivity index (χ1v) is 8.29. The number of aromatic carboxylic acids is 1. The Morgan fingerprint density at radius 1 is 1.19 bits per heavy atom. The summed E-state index contributed by atoms with van der Waals surface area (Å²) in [5.41, 5.74) is 1.13. The molecule has 0 saturated heterocycles. The van der Waals surface area contributed by atoms with Crippen LogP contribution in [0.5, 0.6) is 0 Å². The van der Waals surface area contributed by atoms with Gasteiger partial charge in [0.05, 0.1) is 12.2 Å². The van der Waals surface area contributed by atoms with Crippen LogP contribution in [0, 0.1) is 12.7 Å². The summed E-state index contributed by atoms with van der Waals surface area (Å²) in [6, 6.07) is 15.1. The number of nitrogens with zero attached hydrogens (tertiary/aromatic N) is 2. The molecule has 0 aliphatic heterocycles. The van der Waals surface area contributed by atoms with E-state index in [2.05, 4.69) is 5.10 Å². The first kappa shape index (κ1) is 18.3. The van der Waals surface area contributed by atoms with Crippen molar-refractivity contribution in [3.05, 3.63) is 93.5 Å². The van der Waals surface area contributed by atoms with Crippen LogP contribution in [-0.4, -0.2) is 20.9 Å². The Bertz CT molecular complexity index is 1070. The smallest absolute Gasteiger partial charge is 0.341 e. The average molecular weight is 364 g/mol. The molecule has 1 heterocycles. The number of rotatable bonds is 5. The van der Waals surface area contributed by atoms with Crippen LogP contribution in [0.2, 0.25) is 0 Å². The van der Waals surface area contributed by atoms with Crippen molar-refractivity contribution in [1.82, 2.24) is 9.78 Å². The monoisotopic (exact) mass is 364 g/mol. The molecule has 2 aromatic carbocycles. The number of allylic oxidation sites excluding steroid dienone is 1. The first-order valence-electron chi connectivity index (χ1n) is 8.29. The van der Waals surface area contributed by atoms with E-state index in [0.717, 1.165) is 10.2 Å². The third-order valence-corrected chi connectivity index (χ3v) is 4.05. The van der Waals surface area contributed by atoms with Crippen LogP contribution in [0.3, 0.4) is 0 Å². The molecular weight excluding hydrogens is 347 g/mol. The Balaban J connectivity index is 2.01. The van der Waals surface area contributed by atoms with Crippen LogP contribution in [0.15, 0.2) is 65.5 Å². The number of benzene rings is 2. The van der Waals surface area contributed by atoms with Gasteiger partial charge in [-0.25, -0.2) is 13.9 Å². The van der Waals surface area contributed by atoms with Crippen molar-refractivity contribution >= 4 is 12.0 Å². The summed E-state index contributed by atoms with van der Waals surface area (Å²) < 4.78 is 14.6. The topological polar surface area (TPSA) is 72.2 Å². The highest BCUT2D eigenvalue weighted by Crippen LogP contribution is 2.20. The third-order valence-electron chi connectivity index (χ3n) is 4.05. The van der Waals surface area contributed by atoms with E-state index in [1.165, 1.54) is 18.2 Å². The summed E-state index contributed by atoms with van der Waals surface area (Å²) in [7, 11) is 0. The van der Waals surface area contributed by atoms with Crippen LogP contribution in [0.1, 0.15) is 21.5 Å². The molecule has 0 amide bonds. The largest absolute Gasteiger partial charge is 0.477 e. The molecule has 0 radical (unpaired) electrons. The number of carboxylic acid groups (broad SMARTS) is 1. The fourth-order valence-corrected chi connectivity index (χ4v) is 2.62. The van der Waals surface area contributed by atoms with Gasteiger partial charge in [-0.1, -0.05) is 42.5 Å². The van der Waals surface area contributed by atoms with Gasteiger partial charge < -0.3 is 5.11 Å². The van der Waals surface area contributed by atoms with Crippen molar-refractivity contribution in [2.24, 2.45) is 0 Å². The third kappa shape index (κ3) is 4.17. The molecule has 3 rings (SSSR count). The maximum absolute atomic E-state index is 13.5. The second-order valence-corrected chi connectivity index (χ2v) is 6.01. The van der Waals surface area contributed by atoms with Crippen molar-refractivity contribution in [3.8, 4) is 11.3 Å². The zero-order chi connectivity index (χ0) is 19.4. The first-order chi connectivity index (χ1) is 13.0. The van der Waals surface area contributed by atoms with Gasteiger partial charge in [-0.05, 0) is 42.3 Å². The van der Waals surface area contributed by atoms with Crippen molar-refractivity contribution in [1.29, 1.82) is 0 Å². The second kappa shape index (κ2) is 7.78. The fourth-order valence-electron chi connectivity index (χ4n) is 2.62. The van der Waals surface area contributed by atoms with Gasteiger partial charge in [-0.3, -0.25) is 4.79 Å². The Kier molecular flexibility index (Phi) is 5.26. The molecule has 1 aromatic heterocycles. The molecule has 3 aromatic rings. The van der Waals surface area contributed by atoms with E-state index in [1.54, 1.807) is 19.1 Å². The quantitative estimate of drug-likeness (QED) is 0.748. The highest BCUT2D eigenvalue weighted by molar-refractivity contribution is 5.88. The number of hydrogen-bond acceptors (Lipinski definition) is 3. The molecule has 0 aliphatic carbocycles. The highest BCUT2D eigenvalue weighted by atomic mass is 19.1. The Morgan fingerprint density at radius 2 is 1.93 bits per heavy atom. The highest BCUT2D eigenvalue weighted by Gasteiger charge is 2.15. The molecule has 5 nitrogen and oxygen atoms in total. The lowest BCUT2D eigenvalue weighted by Crippen LogP contribution is -2.28. The summed E-state index contributed by atoms with van der Waals surface area (Å²) in [6.07, 6.45) is 3.55. The number of carboxylic acids is 1. The minimum atomic E-state index is -1.33. The minimum Gasteiger partial charge on any atom is -0.477 e. The van der Waals surface area contributed by atoms with Crippen LogP contribution in [0.25, 0.3) is 17.3 Å². The lowest BCUT2D eigenvalue weighted by Gasteiger charge is -2.08. The maximum Gasteiger partial charge on any atom is 0.341 e. The number of carbonyl (C=O) groups is 1. The average Bonchev–Trinajstić information content (AvgIpc) is 2.66. The molecular formula is C21H17FN2O3. The van der Waals surface area contributed by atoms with E-state index in [-0.39, 0.29) is 17.9 Å². The fraction of sp³-hybridized carbons (Fsp3) is 0.0952. The van der Waals surface area contributed by atoms with Gasteiger partial charge in [0, 0.05) is 5.56 Å². The molecule has 0 fully saturated rings. The lowest BCUT2D eigenvalue weighted by molar-refractivity contribution is 0.0694. The van der Waals surface area contributed by atoms with Gasteiger partial charge in [0.2, 0.25) is 0 Å². The maximum atomic E-state index is 13.5. The van der Waals surface area contributed by atoms with E-state index < -0.39 is 11.5 Å². The van der Waals surface area contributed by atoms with Crippen molar-refractivity contribution in [2.75, 3.05) is 0 Å². The van der Waals surface area contributed by atoms with Crippen molar-refractivity contribution < 1.29 is 14.3 Å². The summed E-state index contributed by atoms with van der Waals surface area (Å²) >= 11 is 0. The van der Waals surface area contributed by atoms with Crippen LogP contribution in [-0.2, 0) is 6.54 Å². The molecule has 0 atom stereocenters. The number of hydrogen-bond donors (Lipinski definition) is 1. The van der Waals surface area contributed by atoms with Gasteiger partial charge in [-0.15, -0.1) is 0 Å². The Labute approximate surface area is 155 Å². The van der Waals surface area contributed by atoms with E-state index in [1.807, 2.05) is 36.4 Å². The molecule has 0 spiro atoms. The zero-order valence-corrected chi connectivity index (χ0v) is 14.6. The molecule has 27 heavy (non-hydrogen) atoms. The molecule has 136 valence electrons. The summed E-state index contributed by atoms with van der Waals surface area (Å²) in [6.45, 7) is 1.72. The van der Waals surface area contributed by atoms with Crippen LogP contribution in [0.4, 0.5) is 4.39 Å². The predicted octanol–water partition coefficient (Wildman–Crippen LogP) is 3.77. The van der Waals surface area contributed by atoms with Crippen LogP contribution >= 0.6 is 0 Å². The van der Waals surface area contributed by atoms with Gasteiger partial charge >= 0.3 is 5.97 Å². The minimum absolute atomic E-state index is 0.113. The molecule has 0 saturated carbocycles. The molecule has 1 N–H and O–H groups in total. The SMILES string of the molecule is Cc1cc(-c2cc(C(=O)O)c(=O)n(CC=Cc3ccccc3)n2)ccc1F. The summed E-state index contributed by atoms with van der Waals surface area (Å²) in [5.74, 6) is -1.69. The lowest BCUT2D eigenvalue weighted by atomic mass is 10.1. The normalized spacial score (nSPS) is 11.0. The summed E-state index contributed by atoms with van der Waals surface area (Å²) in [5, 5.41) is 13.6. The molecule has 0 unspecified atom stereocenters. The van der Waals surface area contributed by atoms with Gasteiger partial charge in [0.15, 0.2) is 0 Å². The van der Waals surface area contributed by atoms with Gasteiger partial charge in [0.25, 0.3) is 5.56 Å². The van der Waals surface area contributed by atoms with E-state index >= 15 is 0 Å². The van der Waals surface area contributed by atoms with E-state index in [0.29, 0.717) is 16.8 Å². The zero-order valence-electron chi connectivity index (χ0n) is 14.6. The molecule has 6 heteroatoms. The number of aryl methyl sites for hydroxylation is 1. The predicted molar refractivity (Wildman–Crippen MR) is 101 cm³/mol. The van der Waals surface area contributed by atoms with Crippen molar-refractivity contribution in [2.45, 2.75) is 13.5 Å². The van der Waals surface area contributed by atoms with Crippen molar-refractivity contribution in [3.63, 3.8) is 0 Å². The second-order valence-electron chi connectivity index (χ2n) is 6.01. The molecule has 0 bridgehead atoms. The van der Waals surface area contributed by atoms with Crippen LogP contribution < -0.4 is 5.56 Å². The Hall–Kier alpha value is -3.54. The van der Waals surface area contributed by atoms with Gasteiger partial charge in [-0.2, -0.15) is 5.10 Å². The number of aromatic nitrogens is 2. The van der Waals surface area contributed by atoms with E-state index in [4.69, 9.17) is 0 Å².